The van der Waals surface area contributed by atoms with Crippen LogP contribution in [0, 0.1) is 0 Å². The zero-order valence-electron chi connectivity index (χ0n) is 14.5. The molecule has 0 spiro atoms. The van der Waals surface area contributed by atoms with Gasteiger partial charge in [-0.3, -0.25) is 9.52 Å². The van der Waals surface area contributed by atoms with Crippen LogP contribution in [0.15, 0.2) is 59.5 Å². The molecule has 0 radical (unpaired) electrons. The van der Waals surface area contributed by atoms with Crippen LogP contribution in [-0.4, -0.2) is 47.8 Å². The molecule has 0 atom stereocenters. The van der Waals surface area contributed by atoms with Crippen LogP contribution in [0.3, 0.4) is 0 Å². The summed E-state index contributed by atoms with van der Waals surface area (Å²) in [5.41, 5.74) is 0.674. The molecule has 2 aromatic rings. The van der Waals surface area contributed by atoms with Crippen LogP contribution in [-0.2, 0) is 19.5 Å². The molecule has 2 aromatic carbocycles. The molecule has 26 heavy (non-hydrogen) atoms. The molecule has 140 valence electrons. The average Bonchev–Trinajstić information content (AvgIpc) is 2.65. The minimum Gasteiger partial charge on any atom is -0.382 e. The topological polar surface area (TPSA) is 93.7 Å². The van der Waals surface area contributed by atoms with Crippen LogP contribution in [0.1, 0.15) is 10.4 Å². The van der Waals surface area contributed by atoms with Crippen molar-refractivity contribution in [3.05, 3.63) is 60.2 Å². The Kier molecular flexibility index (Phi) is 7.58. The van der Waals surface area contributed by atoms with Crippen molar-refractivity contribution in [2.45, 2.75) is 4.90 Å². The van der Waals surface area contributed by atoms with Crippen LogP contribution in [0.2, 0.25) is 0 Å². The number of benzene rings is 2. The highest BCUT2D eigenvalue weighted by molar-refractivity contribution is 7.92. The highest BCUT2D eigenvalue weighted by Gasteiger charge is 2.14. The first-order chi connectivity index (χ1) is 12.5. The van der Waals surface area contributed by atoms with Gasteiger partial charge in [-0.05, 0) is 30.3 Å². The zero-order valence-corrected chi connectivity index (χ0v) is 15.3. The van der Waals surface area contributed by atoms with E-state index in [1.165, 1.54) is 18.2 Å². The summed E-state index contributed by atoms with van der Waals surface area (Å²) in [6, 6.07) is 14.3. The lowest BCUT2D eigenvalue weighted by Crippen LogP contribution is -2.27. The maximum atomic E-state index is 12.3. The molecule has 0 saturated heterocycles. The number of rotatable bonds is 10. The Bertz CT molecular complexity index is 809. The molecule has 0 fully saturated rings. The highest BCUT2D eigenvalue weighted by atomic mass is 32.2. The second kappa shape index (κ2) is 9.91. The molecule has 0 bridgehead atoms. The van der Waals surface area contributed by atoms with Gasteiger partial charge in [-0.1, -0.05) is 24.3 Å². The second-order valence-electron chi connectivity index (χ2n) is 5.36. The number of carbonyl (C=O) groups is 1. The molecule has 2 N–H and O–H groups in total. The normalized spacial score (nSPS) is 11.1. The predicted molar refractivity (Wildman–Crippen MR) is 98.7 cm³/mol. The maximum Gasteiger partial charge on any atom is 0.261 e. The number of ether oxygens (including phenoxy) is 2. The van der Waals surface area contributed by atoms with E-state index in [0.717, 1.165) is 0 Å². The van der Waals surface area contributed by atoms with E-state index in [1.54, 1.807) is 43.5 Å². The summed E-state index contributed by atoms with van der Waals surface area (Å²) in [5, 5.41) is 2.72. The fourth-order valence-corrected chi connectivity index (χ4v) is 3.19. The molecule has 0 saturated carbocycles. The lowest BCUT2D eigenvalue weighted by molar-refractivity contribution is 0.0692. The van der Waals surface area contributed by atoms with Gasteiger partial charge in [0.05, 0.1) is 24.7 Å². The standard InChI is InChI=1S/C18H22N2O5S/c1-24-12-13-25-11-10-19-18(21)15-6-5-7-16(14-15)20-26(22,23)17-8-3-2-4-9-17/h2-9,14,20H,10-13H2,1H3,(H,19,21). The Morgan fingerprint density at radius 3 is 2.50 bits per heavy atom. The quantitative estimate of drug-likeness (QED) is 0.616. The minimum absolute atomic E-state index is 0.156. The van der Waals surface area contributed by atoms with Crippen molar-refractivity contribution in [1.29, 1.82) is 0 Å². The van der Waals surface area contributed by atoms with Crippen LogP contribution in [0.5, 0.6) is 0 Å². The van der Waals surface area contributed by atoms with Gasteiger partial charge in [0.2, 0.25) is 0 Å². The first-order valence-corrected chi connectivity index (χ1v) is 9.54. The van der Waals surface area contributed by atoms with Crippen LogP contribution < -0.4 is 10.0 Å². The highest BCUT2D eigenvalue weighted by Crippen LogP contribution is 2.17. The van der Waals surface area contributed by atoms with Crippen molar-refractivity contribution in [2.24, 2.45) is 0 Å². The first-order valence-electron chi connectivity index (χ1n) is 8.06. The monoisotopic (exact) mass is 378 g/mol. The minimum atomic E-state index is -3.70. The predicted octanol–water partition coefficient (Wildman–Crippen LogP) is 1.88. The van der Waals surface area contributed by atoms with Crippen molar-refractivity contribution >= 4 is 21.6 Å². The van der Waals surface area contributed by atoms with E-state index in [2.05, 4.69) is 10.0 Å². The van der Waals surface area contributed by atoms with E-state index in [0.29, 0.717) is 37.6 Å². The van der Waals surface area contributed by atoms with Crippen LogP contribution in [0.25, 0.3) is 0 Å². The third-order valence-electron chi connectivity index (χ3n) is 3.39. The van der Waals surface area contributed by atoms with E-state index in [4.69, 9.17) is 9.47 Å². The fourth-order valence-electron chi connectivity index (χ4n) is 2.12. The lowest BCUT2D eigenvalue weighted by atomic mass is 10.2. The first kappa shape index (κ1) is 19.9. The second-order valence-corrected chi connectivity index (χ2v) is 7.04. The Hall–Kier alpha value is -2.42. The molecule has 0 heterocycles. The van der Waals surface area contributed by atoms with Gasteiger partial charge in [0.1, 0.15) is 0 Å². The van der Waals surface area contributed by atoms with Crippen molar-refractivity contribution in [1.82, 2.24) is 5.32 Å². The Labute approximate surface area is 153 Å². The van der Waals surface area contributed by atoms with Crippen LogP contribution >= 0.6 is 0 Å². The van der Waals surface area contributed by atoms with E-state index in [1.807, 2.05) is 0 Å². The summed E-state index contributed by atoms with van der Waals surface area (Å²) in [6.45, 7) is 1.68. The number of hydrogen-bond donors (Lipinski definition) is 2. The van der Waals surface area contributed by atoms with Crippen molar-refractivity contribution in [3.8, 4) is 0 Å². The molecular weight excluding hydrogens is 356 g/mol. The van der Waals surface area contributed by atoms with Gasteiger partial charge < -0.3 is 14.8 Å². The lowest BCUT2D eigenvalue weighted by Gasteiger charge is -2.10. The summed E-state index contributed by atoms with van der Waals surface area (Å²) in [5.74, 6) is -0.305. The average molecular weight is 378 g/mol. The van der Waals surface area contributed by atoms with Gasteiger partial charge in [0.25, 0.3) is 15.9 Å². The molecular formula is C18H22N2O5S. The number of hydrogen-bond acceptors (Lipinski definition) is 5. The molecule has 1 amide bonds. The summed E-state index contributed by atoms with van der Waals surface area (Å²) in [6.07, 6.45) is 0. The van der Waals surface area contributed by atoms with Gasteiger partial charge >= 0.3 is 0 Å². The Morgan fingerprint density at radius 2 is 1.77 bits per heavy atom. The van der Waals surface area contributed by atoms with E-state index >= 15 is 0 Å². The largest absolute Gasteiger partial charge is 0.382 e. The number of anilines is 1. The smallest absolute Gasteiger partial charge is 0.261 e. The van der Waals surface area contributed by atoms with Gasteiger partial charge in [-0.2, -0.15) is 0 Å². The fraction of sp³-hybridized carbons (Fsp3) is 0.278. The van der Waals surface area contributed by atoms with Crippen molar-refractivity contribution in [2.75, 3.05) is 38.2 Å². The van der Waals surface area contributed by atoms with Gasteiger partial charge in [0, 0.05) is 24.9 Å². The van der Waals surface area contributed by atoms with Crippen molar-refractivity contribution < 1.29 is 22.7 Å². The molecule has 0 aliphatic carbocycles. The number of methoxy groups -OCH3 is 1. The SMILES string of the molecule is COCCOCCNC(=O)c1cccc(NS(=O)(=O)c2ccccc2)c1. The molecule has 8 heteroatoms. The third kappa shape index (κ3) is 6.14. The third-order valence-corrected chi connectivity index (χ3v) is 4.79. The zero-order chi connectivity index (χ0) is 18.8. The summed E-state index contributed by atoms with van der Waals surface area (Å²) >= 11 is 0. The van der Waals surface area contributed by atoms with Gasteiger partial charge in [-0.25, -0.2) is 8.42 Å². The number of nitrogens with one attached hydrogen (secondary N) is 2. The van der Waals surface area contributed by atoms with Crippen LogP contribution in [0.4, 0.5) is 5.69 Å². The number of sulfonamides is 1. The van der Waals surface area contributed by atoms with E-state index in [9.17, 15) is 13.2 Å². The molecule has 0 aliphatic heterocycles. The Balaban J connectivity index is 1.94. The molecule has 0 aliphatic rings. The van der Waals surface area contributed by atoms with Crippen molar-refractivity contribution in [3.63, 3.8) is 0 Å². The van der Waals surface area contributed by atoms with Gasteiger partial charge in [-0.15, -0.1) is 0 Å². The summed E-state index contributed by atoms with van der Waals surface area (Å²) in [4.78, 5) is 12.3. The van der Waals surface area contributed by atoms with E-state index in [-0.39, 0.29) is 10.8 Å². The molecule has 0 unspecified atom stereocenters. The maximum absolute atomic E-state index is 12.3. The number of carbonyl (C=O) groups excluding carboxylic acids is 1. The summed E-state index contributed by atoms with van der Waals surface area (Å²) in [7, 11) is -2.11. The molecule has 2 rings (SSSR count). The summed E-state index contributed by atoms with van der Waals surface area (Å²) < 4.78 is 37.3. The van der Waals surface area contributed by atoms with E-state index < -0.39 is 10.0 Å². The molecule has 7 nitrogen and oxygen atoms in total. The van der Waals surface area contributed by atoms with Gasteiger partial charge in [0.15, 0.2) is 0 Å². The molecule has 0 aromatic heterocycles. The Morgan fingerprint density at radius 1 is 1.00 bits per heavy atom. The number of amides is 1.